The Kier molecular flexibility index (Phi) is 6.16. The summed E-state index contributed by atoms with van der Waals surface area (Å²) in [7, 11) is 3.44. The van der Waals surface area contributed by atoms with Gasteiger partial charge in [0.1, 0.15) is 5.75 Å². The zero-order valence-corrected chi connectivity index (χ0v) is 12.1. The third-order valence-electron chi connectivity index (χ3n) is 3.21. The fourth-order valence-corrected chi connectivity index (χ4v) is 1.94. The van der Waals surface area contributed by atoms with E-state index in [1.165, 1.54) is 5.56 Å². The molecule has 1 aromatic rings. The van der Waals surface area contributed by atoms with Gasteiger partial charge in [-0.2, -0.15) is 0 Å². The minimum atomic E-state index is 0.280. The molecule has 0 aliphatic carbocycles. The fourth-order valence-electron chi connectivity index (χ4n) is 1.94. The normalized spacial score (nSPS) is 14.6. The highest BCUT2D eigenvalue weighted by Gasteiger charge is 2.16. The molecule has 1 aromatic carbocycles. The number of benzene rings is 1. The monoisotopic (exact) mass is 251 g/mol. The summed E-state index contributed by atoms with van der Waals surface area (Å²) in [6.07, 6.45) is 0. The van der Waals surface area contributed by atoms with Crippen molar-refractivity contribution in [2.45, 2.75) is 32.9 Å². The number of methoxy groups -OCH3 is 2. The van der Waals surface area contributed by atoms with E-state index in [-0.39, 0.29) is 6.04 Å². The summed E-state index contributed by atoms with van der Waals surface area (Å²) in [6, 6.07) is 8.81. The molecule has 18 heavy (non-hydrogen) atoms. The molecule has 102 valence electrons. The second kappa shape index (κ2) is 7.39. The molecule has 3 nitrogen and oxygen atoms in total. The second-order valence-corrected chi connectivity index (χ2v) is 4.97. The van der Waals surface area contributed by atoms with Gasteiger partial charge >= 0.3 is 0 Å². The van der Waals surface area contributed by atoms with E-state index in [1.54, 1.807) is 14.2 Å². The van der Waals surface area contributed by atoms with E-state index in [0.29, 0.717) is 12.0 Å². The third-order valence-corrected chi connectivity index (χ3v) is 3.21. The maximum Gasteiger partial charge on any atom is 0.119 e. The number of rotatable bonds is 7. The minimum Gasteiger partial charge on any atom is -0.497 e. The topological polar surface area (TPSA) is 30.5 Å². The van der Waals surface area contributed by atoms with Crippen molar-refractivity contribution in [3.05, 3.63) is 29.8 Å². The van der Waals surface area contributed by atoms with Gasteiger partial charge < -0.3 is 14.8 Å². The van der Waals surface area contributed by atoms with Crippen molar-refractivity contribution in [1.82, 2.24) is 5.32 Å². The van der Waals surface area contributed by atoms with E-state index in [1.807, 2.05) is 12.1 Å². The van der Waals surface area contributed by atoms with Crippen molar-refractivity contribution < 1.29 is 9.47 Å². The standard InChI is InChI=1S/C15H25NO2/c1-11(2)15(10-17-4)16-12(3)13-7-6-8-14(9-13)18-5/h6-9,11-12,15-16H,10H2,1-5H3/t12-,15?/m1/s1. The van der Waals surface area contributed by atoms with Crippen molar-refractivity contribution in [1.29, 1.82) is 0 Å². The molecule has 0 spiro atoms. The lowest BCUT2D eigenvalue weighted by atomic mass is 10.0. The van der Waals surface area contributed by atoms with Crippen LogP contribution in [0.15, 0.2) is 24.3 Å². The summed E-state index contributed by atoms with van der Waals surface area (Å²) >= 11 is 0. The first kappa shape index (κ1) is 15.0. The van der Waals surface area contributed by atoms with Gasteiger partial charge in [-0.05, 0) is 30.5 Å². The Morgan fingerprint density at radius 2 is 1.89 bits per heavy atom. The predicted octanol–water partition coefficient (Wildman–Crippen LogP) is 3.02. The molecule has 0 aliphatic heterocycles. The molecular formula is C15H25NO2. The summed E-state index contributed by atoms with van der Waals surface area (Å²) in [6.45, 7) is 7.30. The van der Waals surface area contributed by atoms with Crippen LogP contribution in [0.25, 0.3) is 0 Å². The lowest BCUT2D eigenvalue weighted by Crippen LogP contribution is -2.39. The van der Waals surface area contributed by atoms with E-state index >= 15 is 0 Å². The van der Waals surface area contributed by atoms with Crippen LogP contribution in [-0.4, -0.2) is 26.9 Å². The quantitative estimate of drug-likeness (QED) is 0.808. The number of ether oxygens (including phenoxy) is 2. The molecule has 0 amide bonds. The van der Waals surface area contributed by atoms with Crippen molar-refractivity contribution in [2.24, 2.45) is 5.92 Å². The van der Waals surface area contributed by atoms with Gasteiger partial charge in [0, 0.05) is 19.2 Å². The van der Waals surface area contributed by atoms with Crippen LogP contribution in [0, 0.1) is 5.92 Å². The first-order valence-electron chi connectivity index (χ1n) is 6.47. The molecule has 1 N–H and O–H groups in total. The lowest BCUT2D eigenvalue weighted by Gasteiger charge is -2.26. The number of hydrogen-bond donors (Lipinski definition) is 1. The molecule has 3 heteroatoms. The van der Waals surface area contributed by atoms with Gasteiger partial charge in [0.25, 0.3) is 0 Å². The highest BCUT2D eigenvalue weighted by Crippen LogP contribution is 2.20. The Bertz CT molecular complexity index is 352. The first-order chi connectivity index (χ1) is 8.58. The maximum absolute atomic E-state index is 5.26. The van der Waals surface area contributed by atoms with Crippen LogP contribution in [-0.2, 0) is 4.74 Å². The largest absolute Gasteiger partial charge is 0.497 e. The summed E-state index contributed by atoms with van der Waals surface area (Å²) in [4.78, 5) is 0. The van der Waals surface area contributed by atoms with E-state index in [4.69, 9.17) is 9.47 Å². The van der Waals surface area contributed by atoms with Gasteiger partial charge in [-0.25, -0.2) is 0 Å². The summed E-state index contributed by atoms with van der Waals surface area (Å²) in [5, 5.41) is 3.60. The molecule has 0 bridgehead atoms. The van der Waals surface area contributed by atoms with Crippen LogP contribution >= 0.6 is 0 Å². The highest BCUT2D eigenvalue weighted by atomic mass is 16.5. The molecule has 0 saturated carbocycles. The average molecular weight is 251 g/mol. The second-order valence-electron chi connectivity index (χ2n) is 4.97. The van der Waals surface area contributed by atoms with Crippen LogP contribution in [0.4, 0.5) is 0 Å². The van der Waals surface area contributed by atoms with Crippen LogP contribution in [0.2, 0.25) is 0 Å². The Hall–Kier alpha value is -1.06. The molecule has 2 atom stereocenters. The van der Waals surface area contributed by atoms with Gasteiger partial charge in [0.05, 0.1) is 13.7 Å². The molecule has 1 unspecified atom stereocenters. The third kappa shape index (κ3) is 4.31. The summed E-state index contributed by atoms with van der Waals surface area (Å²) in [5.41, 5.74) is 1.23. The minimum absolute atomic E-state index is 0.280. The van der Waals surface area contributed by atoms with Crippen LogP contribution in [0.3, 0.4) is 0 Å². The molecule has 0 aliphatic rings. The molecule has 0 heterocycles. The van der Waals surface area contributed by atoms with Crippen LogP contribution in [0.5, 0.6) is 5.75 Å². The van der Waals surface area contributed by atoms with E-state index < -0.39 is 0 Å². The summed E-state index contributed by atoms with van der Waals surface area (Å²) in [5.74, 6) is 1.44. The van der Waals surface area contributed by atoms with Gasteiger partial charge in [0.15, 0.2) is 0 Å². The zero-order valence-electron chi connectivity index (χ0n) is 12.1. The summed E-state index contributed by atoms with van der Waals surface area (Å²) < 4.78 is 10.5. The van der Waals surface area contributed by atoms with E-state index in [0.717, 1.165) is 12.4 Å². The van der Waals surface area contributed by atoms with Gasteiger partial charge in [0.2, 0.25) is 0 Å². The van der Waals surface area contributed by atoms with Crippen LogP contribution < -0.4 is 10.1 Å². The smallest absolute Gasteiger partial charge is 0.119 e. The lowest BCUT2D eigenvalue weighted by molar-refractivity contribution is 0.141. The Labute approximate surface area is 110 Å². The molecule has 0 aromatic heterocycles. The Morgan fingerprint density at radius 1 is 1.17 bits per heavy atom. The molecule has 0 fully saturated rings. The van der Waals surface area contributed by atoms with Crippen molar-refractivity contribution >= 4 is 0 Å². The highest BCUT2D eigenvalue weighted by molar-refractivity contribution is 5.30. The number of nitrogens with one attached hydrogen (secondary N) is 1. The SMILES string of the molecule is COCC(N[C@H](C)c1cccc(OC)c1)C(C)C. The van der Waals surface area contributed by atoms with Gasteiger partial charge in [-0.3, -0.25) is 0 Å². The van der Waals surface area contributed by atoms with Gasteiger partial charge in [-0.1, -0.05) is 26.0 Å². The number of hydrogen-bond acceptors (Lipinski definition) is 3. The molecule has 1 rings (SSSR count). The Morgan fingerprint density at radius 3 is 2.44 bits per heavy atom. The van der Waals surface area contributed by atoms with Gasteiger partial charge in [-0.15, -0.1) is 0 Å². The average Bonchev–Trinajstić information content (AvgIpc) is 2.38. The van der Waals surface area contributed by atoms with E-state index in [2.05, 4.69) is 38.2 Å². The van der Waals surface area contributed by atoms with Crippen molar-refractivity contribution in [3.8, 4) is 5.75 Å². The first-order valence-corrected chi connectivity index (χ1v) is 6.47. The van der Waals surface area contributed by atoms with Crippen molar-refractivity contribution in [2.75, 3.05) is 20.8 Å². The molecule has 0 radical (unpaired) electrons. The zero-order chi connectivity index (χ0) is 13.5. The maximum atomic E-state index is 5.26. The Balaban J connectivity index is 2.70. The van der Waals surface area contributed by atoms with E-state index in [9.17, 15) is 0 Å². The van der Waals surface area contributed by atoms with Crippen molar-refractivity contribution in [3.63, 3.8) is 0 Å². The molecular weight excluding hydrogens is 226 g/mol. The fraction of sp³-hybridized carbons (Fsp3) is 0.600. The van der Waals surface area contributed by atoms with Crippen LogP contribution in [0.1, 0.15) is 32.4 Å². The molecule has 0 saturated heterocycles. The predicted molar refractivity (Wildman–Crippen MR) is 75.0 cm³/mol.